The number of carbonyl (C=O) groups excluding carboxylic acids is 1. The average Bonchev–Trinajstić information content (AvgIpc) is 3.16. The van der Waals surface area contributed by atoms with Crippen LogP contribution >= 0.6 is 0 Å². The van der Waals surface area contributed by atoms with E-state index in [1.54, 1.807) is 4.90 Å². The highest BCUT2D eigenvalue weighted by atomic mass is 16.6. The predicted molar refractivity (Wildman–Crippen MR) is 110 cm³/mol. The van der Waals surface area contributed by atoms with Gasteiger partial charge in [0.05, 0.1) is 12.1 Å². The van der Waals surface area contributed by atoms with E-state index in [2.05, 4.69) is 0 Å². The quantitative estimate of drug-likeness (QED) is 0.816. The third-order valence-electron chi connectivity index (χ3n) is 4.86. The van der Waals surface area contributed by atoms with Crippen LogP contribution in [0.2, 0.25) is 0 Å². The Balaban J connectivity index is 1.61. The van der Waals surface area contributed by atoms with Crippen molar-refractivity contribution in [3.63, 3.8) is 0 Å². The molecule has 5 nitrogen and oxygen atoms in total. The third kappa shape index (κ3) is 5.26. The fraction of sp³-hybridized carbons (Fsp3) is 0.435. The van der Waals surface area contributed by atoms with Gasteiger partial charge in [0, 0.05) is 6.54 Å². The topological polar surface area (TPSA) is 64.8 Å². The van der Waals surface area contributed by atoms with Crippen molar-refractivity contribution in [2.45, 2.75) is 57.9 Å². The normalized spacial score (nSPS) is 18.0. The van der Waals surface area contributed by atoms with Crippen LogP contribution in [-0.4, -0.2) is 29.2 Å². The van der Waals surface area contributed by atoms with E-state index in [4.69, 9.17) is 15.2 Å². The Kier molecular flexibility index (Phi) is 6.25. The van der Waals surface area contributed by atoms with Crippen molar-refractivity contribution >= 4 is 6.09 Å². The van der Waals surface area contributed by atoms with Crippen molar-refractivity contribution in [3.8, 4) is 5.75 Å². The van der Waals surface area contributed by atoms with Crippen molar-refractivity contribution < 1.29 is 14.3 Å². The van der Waals surface area contributed by atoms with Gasteiger partial charge in [-0.15, -0.1) is 0 Å². The van der Waals surface area contributed by atoms with Crippen molar-refractivity contribution in [3.05, 3.63) is 65.7 Å². The van der Waals surface area contributed by atoms with Gasteiger partial charge in [-0.1, -0.05) is 42.5 Å². The molecule has 1 saturated heterocycles. The lowest BCUT2D eigenvalue weighted by Crippen LogP contribution is -2.44. The standard InChI is InChI=1S/C23H30N2O3/c1-23(2,3)28-22(26)25-15-7-10-20(25)21(24)18-11-13-19(14-12-18)27-16-17-8-5-4-6-9-17/h4-6,8-9,11-14,20-21H,7,10,15-16,24H2,1-3H3. The first kappa shape index (κ1) is 20.2. The fourth-order valence-corrected chi connectivity index (χ4v) is 3.46. The zero-order valence-electron chi connectivity index (χ0n) is 16.9. The number of amides is 1. The maximum absolute atomic E-state index is 12.5. The molecule has 1 amide bonds. The molecule has 3 rings (SSSR count). The van der Waals surface area contributed by atoms with Crippen molar-refractivity contribution in [1.82, 2.24) is 4.90 Å². The van der Waals surface area contributed by atoms with Crippen molar-refractivity contribution in [2.75, 3.05) is 6.54 Å². The van der Waals surface area contributed by atoms with Crippen LogP contribution in [0.1, 0.15) is 50.8 Å². The molecule has 2 unspecified atom stereocenters. The molecule has 0 aromatic heterocycles. The zero-order valence-corrected chi connectivity index (χ0v) is 16.9. The largest absolute Gasteiger partial charge is 0.489 e. The summed E-state index contributed by atoms with van der Waals surface area (Å²) in [5.74, 6) is 0.801. The first-order valence-corrected chi connectivity index (χ1v) is 9.85. The molecule has 2 atom stereocenters. The number of hydrogen-bond acceptors (Lipinski definition) is 4. The van der Waals surface area contributed by atoms with Crippen molar-refractivity contribution in [1.29, 1.82) is 0 Å². The monoisotopic (exact) mass is 382 g/mol. The Morgan fingerprint density at radius 1 is 1.14 bits per heavy atom. The molecule has 1 fully saturated rings. The lowest BCUT2D eigenvalue weighted by atomic mass is 9.98. The van der Waals surface area contributed by atoms with Gasteiger partial charge in [0.25, 0.3) is 0 Å². The molecular formula is C23H30N2O3. The Labute approximate surface area is 167 Å². The minimum Gasteiger partial charge on any atom is -0.489 e. The van der Waals surface area contributed by atoms with Gasteiger partial charge in [-0.05, 0) is 56.9 Å². The summed E-state index contributed by atoms with van der Waals surface area (Å²) in [6, 6.07) is 17.6. The van der Waals surface area contributed by atoms with Gasteiger partial charge in [-0.3, -0.25) is 0 Å². The highest BCUT2D eigenvalue weighted by molar-refractivity contribution is 5.69. The average molecular weight is 383 g/mol. The number of rotatable bonds is 5. The molecule has 0 bridgehead atoms. The van der Waals surface area contributed by atoms with Gasteiger partial charge < -0.3 is 20.1 Å². The summed E-state index contributed by atoms with van der Waals surface area (Å²) in [7, 11) is 0. The molecule has 5 heteroatoms. The van der Waals surface area contributed by atoms with E-state index in [0.29, 0.717) is 13.2 Å². The smallest absolute Gasteiger partial charge is 0.410 e. The van der Waals surface area contributed by atoms with Crippen LogP contribution < -0.4 is 10.5 Å². The highest BCUT2D eigenvalue weighted by Gasteiger charge is 2.36. The molecule has 0 spiro atoms. The number of likely N-dealkylation sites (tertiary alicyclic amines) is 1. The van der Waals surface area contributed by atoms with E-state index in [-0.39, 0.29) is 18.2 Å². The molecule has 0 aliphatic carbocycles. The second-order valence-corrected chi connectivity index (χ2v) is 8.25. The van der Waals surface area contributed by atoms with Crippen LogP contribution in [0.3, 0.4) is 0 Å². The first-order valence-electron chi connectivity index (χ1n) is 9.85. The lowest BCUT2D eigenvalue weighted by Gasteiger charge is -2.31. The van der Waals surface area contributed by atoms with Gasteiger partial charge in [-0.25, -0.2) is 4.79 Å². The molecular weight excluding hydrogens is 352 g/mol. The fourth-order valence-electron chi connectivity index (χ4n) is 3.46. The molecule has 1 aliphatic heterocycles. The van der Waals surface area contributed by atoms with E-state index in [1.165, 1.54) is 0 Å². The zero-order chi connectivity index (χ0) is 20.1. The maximum Gasteiger partial charge on any atom is 0.410 e. The second kappa shape index (κ2) is 8.65. The number of benzene rings is 2. The predicted octanol–water partition coefficient (Wildman–Crippen LogP) is 4.66. The highest BCUT2D eigenvalue weighted by Crippen LogP contribution is 2.30. The SMILES string of the molecule is CC(C)(C)OC(=O)N1CCCC1C(N)c1ccc(OCc2ccccc2)cc1. The maximum atomic E-state index is 12.5. The summed E-state index contributed by atoms with van der Waals surface area (Å²) in [5.41, 5.74) is 8.13. The Bertz CT molecular complexity index is 769. The minimum absolute atomic E-state index is 0.0501. The molecule has 2 N–H and O–H groups in total. The van der Waals surface area contributed by atoms with E-state index in [0.717, 1.165) is 29.7 Å². The molecule has 150 valence electrons. The van der Waals surface area contributed by atoms with Gasteiger partial charge in [0.2, 0.25) is 0 Å². The van der Waals surface area contributed by atoms with Gasteiger partial charge >= 0.3 is 6.09 Å². The molecule has 2 aromatic rings. The Morgan fingerprint density at radius 3 is 2.46 bits per heavy atom. The summed E-state index contributed by atoms with van der Waals surface area (Å²) in [4.78, 5) is 14.3. The molecule has 0 saturated carbocycles. The number of nitrogens with two attached hydrogens (primary N) is 1. The summed E-state index contributed by atoms with van der Waals surface area (Å²) in [6.45, 7) is 6.85. The first-order chi connectivity index (χ1) is 13.3. The third-order valence-corrected chi connectivity index (χ3v) is 4.86. The Morgan fingerprint density at radius 2 is 1.82 bits per heavy atom. The van der Waals surface area contributed by atoms with E-state index >= 15 is 0 Å². The summed E-state index contributed by atoms with van der Waals surface area (Å²) < 4.78 is 11.4. The molecule has 0 radical (unpaired) electrons. The Hall–Kier alpha value is -2.53. The molecule has 1 heterocycles. The van der Waals surface area contributed by atoms with Crippen LogP contribution in [-0.2, 0) is 11.3 Å². The number of ether oxygens (including phenoxy) is 2. The second-order valence-electron chi connectivity index (χ2n) is 8.25. The number of nitrogens with zero attached hydrogens (tertiary/aromatic N) is 1. The van der Waals surface area contributed by atoms with E-state index < -0.39 is 5.60 Å². The summed E-state index contributed by atoms with van der Waals surface area (Å²) in [6.07, 6.45) is 1.54. The van der Waals surface area contributed by atoms with Crippen LogP contribution in [0.5, 0.6) is 5.75 Å². The molecule has 2 aromatic carbocycles. The lowest BCUT2D eigenvalue weighted by molar-refractivity contribution is 0.0206. The van der Waals surface area contributed by atoms with Gasteiger partial charge in [-0.2, -0.15) is 0 Å². The van der Waals surface area contributed by atoms with Gasteiger partial charge in [0.1, 0.15) is 18.0 Å². The van der Waals surface area contributed by atoms with Crippen LogP contribution in [0.4, 0.5) is 4.79 Å². The minimum atomic E-state index is -0.508. The summed E-state index contributed by atoms with van der Waals surface area (Å²) >= 11 is 0. The summed E-state index contributed by atoms with van der Waals surface area (Å²) in [5, 5.41) is 0. The van der Waals surface area contributed by atoms with E-state index in [1.807, 2.05) is 75.4 Å². The van der Waals surface area contributed by atoms with Gasteiger partial charge in [0.15, 0.2) is 0 Å². The molecule has 1 aliphatic rings. The van der Waals surface area contributed by atoms with E-state index in [9.17, 15) is 4.79 Å². The number of hydrogen-bond donors (Lipinski definition) is 1. The number of carbonyl (C=O) groups is 1. The molecule has 28 heavy (non-hydrogen) atoms. The van der Waals surface area contributed by atoms with Crippen LogP contribution in [0.25, 0.3) is 0 Å². The van der Waals surface area contributed by atoms with Crippen molar-refractivity contribution in [2.24, 2.45) is 5.73 Å². The van der Waals surface area contributed by atoms with Crippen LogP contribution in [0, 0.1) is 0 Å². The van der Waals surface area contributed by atoms with Crippen LogP contribution in [0.15, 0.2) is 54.6 Å².